The molecule has 2 N–H and O–H groups in total. The molecule has 2 nitrogen and oxygen atoms in total. The lowest BCUT2D eigenvalue weighted by Crippen LogP contribution is -1.86. The van der Waals surface area contributed by atoms with Crippen LogP contribution in [0.2, 0.25) is 0 Å². The number of rotatable bonds is 0. The summed E-state index contributed by atoms with van der Waals surface area (Å²) in [7, 11) is 0. The van der Waals surface area contributed by atoms with Crippen molar-refractivity contribution in [3.05, 3.63) is 21.3 Å². The predicted octanol–water partition coefficient (Wildman–Crippen LogP) is 2.19. The number of hydrogen-bond donors (Lipinski definition) is 1. The third-order valence-corrected chi connectivity index (χ3v) is 2.59. The van der Waals surface area contributed by atoms with Gasteiger partial charge in [-0.1, -0.05) is 0 Å². The van der Waals surface area contributed by atoms with Gasteiger partial charge in [-0.15, -0.1) is 0 Å². The van der Waals surface area contributed by atoms with E-state index in [1.54, 1.807) is 12.3 Å². The minimum Gasteiger partial charge on any atom is -0.397 e. The minimum atomic E-state index is 0.657. The fourth-order valence-corrected chi connectivity index (χ4v) is 1.02. The zero-order chi connectivity index (χ0) is 6.85. The summed E-state index contributed by atoms with van der Waals surface area (Å²) in [6.45, 7) is 0. The Morgan fingerprint density at radius 3 is 2.56 bits per heavy atom. The molecule has 0 saturated heterocycles. The number of pyridine rings is 1. The number of nitrogens with two attached hydrogens (primary N) is 1. The second kappa shape index (κ2) is 2.66. The van der Waals surface area contributed by atoms with Crippen molar-refractivity contribution in [1.29, 1.82) is 0 Å². The van der Waals surface area contributed by atoms with Gasteiger partial charge in [-0.2, -0.15) is 0 Å². The van der Waals surface area contributed by atoms with Crippen LogP contribution in [0.4, 0.5) is 5.69 Å². The zero-order valence-corrected chi connectivity index (χ0v) is 7.61. The highest BCUT2D eigenvalue weighted by atomic mass is 79.9. The largest absolute Gasteiger partial charge is 0.397 e. The number of nitrogen functional groups attached to an aromatic ring is 1. The number of anilines is 1. The molecule has 0 spiro atoms. The van der Waals surface area contributed by atoms with Crippen LogP contribution >= 0.6 is 31.9 Å². The van der Waals surface area contributed by atoms with Crippen molar-refractivity contribution in [1.82, 2.24) is 4.98 Å². The fourth-order valence-electron chi connectivity index (χ4n) is 0.436. The minimum absolute atomic E-state index is 0.657. The highest BCUT2D eigenvalue weighted by Gasteiger charge is 1.94. The molecular weight excluding hydrogens is 248 g/mol. The van der Waals surface area contributed by atoms with Crippen LogP contribution in [0.15, 0.2) is 21.3 Å². The molecule has 0 saturated carbocycles. The topological polar surface area (TPSA) is 38.9 Å². The summed E-state index contributed by atoms with van der Waals surface area (Å²) < 4.78 is 1.65. The molecule has 9 heavy (non-hydrogen) atoms. The van der Waals surface area contributed by atoms with Crippen molar-refractivity contribution in [2.45, 2.75) is 0 Å². The number of nitrogens with zero attached hydrogens (tertiary/aromatic N) is 1. The molecule has 0 bridgehead atoms. The monoisotopic (exact) mass is 250 g/mol. The van der Waals surface area contributed by atoms with Gasteiger partial charge in [0.25, 0.3) is 0 Å². The Balaban J connectivity index is 3.17. The Morgan fingerprint density at radius 2 is 2.11 bits per heavy atom. The van der Waals surface area contributed by atoms with E-state index in [1.165, 1.54) is 0 Å². The van der Waals surface area contributed by atoms with Gasteiger partial charge >= 0.3 is 0 Å². The van der Waals surface area contributed by atoms with E-state index in [0.717, 1.165) is 9.08 Å². The second-order valence-electron chi connectivity index (χ2n) is 1.54. The van der Waals surface area contributed by atoms with Gasteiger partial charge in [-0.25, -0.2) is 4.98 Å². The quantitative estimate of drug-likeness (QED) is 0.718. The molecule has 0 aliphatic rings. The van der Waals surface area contributed by atoms with E-state index in [9.17, 15) is 0 Å². The van der Waals surface area contributed by atoms with Gasteiger partial charge in [-0.3, -0.25) is 0 Å². The first-order chi connectivity index (χ1) is 4.20. The van der Waals surface area contributed by atoms with Crippen LogP contribution in [0, 0.1) is 0 Å². The van der Waals surface area contributed by atoms with E-state index in [1.807, 2.05) is 0 Å². The van der Waals surface area contributed by atoms with Crippen LogP contribution in [0.3, 0.4) is 0 Å². The third kappa shape index (κ3) is 1.66. The number of hydrogen-bond acceptors (Lipinski definition) is 2. The highest BCUT2D eigenvalue weighted by molar-refractivity contribution is 9.13. The molecule has 0 aliphatic carbocycles. The lowest BCUT2D eigenvalue weighted by Gasteiger charge is -1.94. The van der Waals surface area contributed by atoms with E-state index in [-0.39, 0.29) is 0 Å². The molecular formula is C5H4Br2N2. The summed E-state index contributed by atoms with van der Waals surface area (Å²) in [5.74, 6) is 0. The molecule has 1 heterocycles. The van der Waals surface area contributed by atoms with Crippen LogP contribution in [-0.2, 0) is 0 Å². The van der Waals surface area contributed by atoms with Crippen LogP contribution in [0.5, 0.6) is 0 Å². The molecule has 1 rings (SSSR count). The van der Waals surface area contributed by atoms with Gasteiger partial charge in [0.2, 0.25) is 0 Å². The lowest BCUT2D eigenvalue weighted by atomic mass is 10.4. The van der Waals surface area contributed by atoms with Crippen LogP contribution in [0.25, 0.3) is 0 Å². The first-order valence-corrected chi connectivity index (χ1v) is 3.85. The van der Waals surface area contributed by atoms with Crippen molar-refractivity contribution in [3.63, 3.8) is 0 Å². The molecule has 1 aromatic heterocycles. The molecule has 0 unspecified atom stereocenters. The lowest BCUT2D eigenvalue weighted by molar-refractivity contribution is 1.26. The maximum Gasteiger partial charge on any atom is 0.120 e. The standard InChI is InChI=1S/C5H4Br2N2/c6-4-1-3(8)2-9-5(4)7/h1-2H,8H2. The average Bonchev–Trinajstić information content (AvgIpc) is 1.80. The van der Waals surface area contributed by atoms with Gasteiger partial charge in [-0.05, 0) is 37.9 Å². The van der Waals surface area contributed by atoms with E-state index < -0.39 is 0 Å². The van der Waals surface area contributed by atoms with Crippen molar-refractivity contribution in [3.8, 4) is 0 Å². The third-order valence-electron chi connectivity index (χ3n) is 0.817. The van der Waals surface area contributed by atoms with Gasteiger partial charge in [0.1, 0.15) is 4.60 Å². The zero-order valence-electron chi connectivity index (χ0n) is 4.44. The van der Waals surface area contributed by atoms with Crippen LogP contribution < -0.4 is 5.73 Å². The van der Waals surface area contributed by atoms with Gasteiger partial charge < -0.3 is 5.73 Å². The van der Waals surface area contributed by atoms with Gasteiger partial charge in [0, 0.05) is 0 Å². The molecule has 1 aromatic rings. The Kier molecular flexibility index (Phi) is 2.08. The predicted molar refractivity (Wildman–Crippen MR) is 44.0 cm³/mol. The Hall–Kier alpha value is -0.0900. The highest BCUT2D eigenvalue weighted by Crippen LogP contribution is 2.21. The molecule has 0 aromatic carbocycles. The summed E-state index contributed by atoms with van der Waals surface area (Å²) in [6, 6.07) is 1.79. The van der Waals surface area contributed by atoms with Crippen LogP contribution in [0.1, 0.15) is 0 Å². The SMILES string of the molecule is Nc1cnc(Br)c(Br)c1. The van der Waals surface area contributed by atoms with Crippen molar-refractivity contribution in [2.75, 3.05) is 5.73 Å². The van der Waals surface area contributed by atoms with Crippen molar-refractivity contribution < 1.29 is 0 Å². The molecule has 0 radical (unpaired) electrons. The number of halogens is 2. The molecule has 0 fully saturated rings. The van der Waals surface area contributed by atoms with E-state index in [4.69, 9.17) is 5.73 Å². The Morgan fingerprint density at radius 1 is 1.44 bits per heavy atom. The van der Waals surface area contributed by atoms with Crippen LogP contribution in [-0.4, -0.2) is 4.98 Å². The summed E-state index contributed by atoms with van der Waals surface area (Å²) in [4.78, 5) is 3.92. The smallest absolute Gasteiger partial charge is 0.120 e. The summed E-state index contributed by atoms with van der Waals surface area (Å²) in [5, 5.41) is 0. The second-order valence-corrected chi connectivity index (χ2v) is 3.15. The summed E-state index contributed by atoms with van der Waals surface area (Å²) >= 11 is 6.47. The Bertz CT molecular complexity index is 224. The maximum absolute atomic E-state index is 5.41. The maximum atomic E-state index is 5.41. The molecule has 0 amide bonds. The normalized spacial score (nSPS) is 9.56. The summed E-state index contributed by atoms with van der Waals surface area (Å²) in [6.07, 6.45) is 1.59. The van der Waals surface area contributed by atoms with E-state index in [0.29, 0.717) is 5.69 Å². The fraction of sp³-hybridized carbons (Fsp3) is 0. The average molecular weight is 252 g/mol. The van der Waals surface area contributed by atoms with E-state index in [2.05, 4.69) is 36.8 Å². The molecule has 48 valence electrons. The number of aromatic nitrogens is 1. The van der Waals surface area contributed by atoms with E-state index >= 15 is 0 Å². The Labute approximate surface area is 69.7 Å². The van der Waals surface area contributed by atoms with Gasteiger partial charge in [0.05, 0.1) is 16.4 Å². The first-order valence-electron chi connectivity index (χ1n) is 2.26. The molecule has 0 atom stereocenters. The van der Waals surface area contributed by atoms with Crippen molar-refractivity contribution >= 4 is 37.5 Å². The molecule has 4 heteroatoms. The van der Waals surface area contributed by atoms with Crippen molar-refractivity contribution in [2.24, 2.45) is 0 Å². The van der Waals surface area contributed by atoms with Gasteiger partial charge in [0.15, 0.2) is 0 Å². The first kappa shape index (κ1) is 7.02. The molecule has 0 aliphatic heterocycles. The summed E-state index contributed by atoms with van der Waals surface area (Å²) in [5.41, 5.74) is 6.07.